The van der Waals surface area contributed by atoms with Gasteiger partial charge >= 0.3 is 10.2 Å². The molecule has 2 amide bonds. The number of aliphatic hydroxyl groups excluding tert-OH is 1. The lowest BCUT2D eigenvalue weighted by atomic mass is 9.94. The first kappa shape index (κ1) is 28.2. The van der Waals surface area contributed by atoms with E-state index in [2.05, 4.69) is 15.6 Å². The molecule has 1 saturated heterocycles. The quantitative estimate of drug-likeness (QED) is 0.405. The maximum atomic E-state index is 14.7. The average molecular weight is 567 g/mol. The molecule has 3 atom stereocenters. The summed E-state index contributed by atoms with van der Waals surface area (Å²) in [6.07, 6.45) is 5.80. The first-order chi connectivity index (χ1) is 17.6. The molecule has 2 heterocycles. The number of aliphatic hydroxyl groups is 1. The third-order valence-electron chi connectivity index (χ3n) is 6.71. The van der Waals surface area contributed by atoms with E-state index in [0.717, 1.165) is 24.2 Å². The predicted octanol–water partition coefficient (Wildman–Crippen LogP) is 5.12. The zero-order valence-corrected chi connectivity index (χ0v) is 21.0. The van der Waals surface area contributed by atoms with Crippen LogP contribution >= 0.6 is 10.2 Å². The SMILES string of the molecule is O=C(NC1CCCCC1)C(c1cccnc1)N(C(=O)C1CC(O)CN1)c1ccc(S(F)(F)(F)(F)F)c(F)c1. The Hall–Kier alpha value is -2.84. The molecule has 1 aliphatic carbocycles. The number of amides is 2. The first-order valence-corrected chi connectivity index (χ1v) is 14.1. The van der Waals surface area contributed by atoms with Gasteiger partial charge in [-0.15, -0.1) is 0 Å². The third kappa shape index (κ3) is 6.41. The van der Waals surface area contributed by atoms with E-state index in [1.807, 2.05) is 0 Å². The lowest BCUT2D eigenvalue weighted by Gasteiger charge is -2.41. The summed E-state index contributed by atoms with van der Waals surface area (Å²) in [5.74, 6) is -3.82. The van der Waals surface area contributed by atoms with E-state index in [-0.39, 0.29) is 36.7 Å². The number of nitrogens with zero attached hydrogens (tertiary/aromatic N) is 2. The van der Waals surface area contributed by atoms with Crippen LogP contribution in [0.5, 0.6) is 0 Å². The number of hydrogen-bond acceptors (Lipinski definition) is 5. The Morgan fingerprint density at radius 2 is 1.82 bits per heavy atom. The molecule has 3 N–H and O–H groups in total. The van der Waals surface area contributed by atoms with Crippen molar-refractivity contribution < 1.29 is 38.5 Å². The summed E-state index contributed by atoms with van der Waals surface area (Å²) < 4.78 is 81.5. The highest BCUT2D eigenvalue weighted by Gasteiger charge is 2.67. The van der Waals surface area contributed by atoms with Crippen molar-refractivity contribution in [2.75, 3.05) is 11.4 Å². The van der Waals surface area contributed by atoms with Gasteiger partial charge in [0, 0.05) is 36.2 Å². The minimum atomic E-state index is -10.4. The average Bonchev–Trinajstić information content (AvgIpc) is 3.27. The molecule has 2 fully saturated rings. The molecule has 1 aromatic heterocycles. The van der Waals surface area contributed by atoms with Crippen LogP contribution in [0.1, 0.15) is 50.1 Å². The van der Waals surface area contributed by atoms with Gasteiger partial charge in [0.15, 0.2) is 0 Å². The Morgan fingerprint density at radius 3 is 2.37 bits per heavy atom. The van der Waals surface area contributed by atoms with Crippen LogP contribution in [0.4, 0.5) is 29.5 Å². The van der Waals surface area contributed by atoms with Crippen molar-refractivity contribution in [3.8, 4) is 0 Å². The van der Waals surface area contributed by atoms with Gasteiger partial charge in [0.1, 0.15) is 16.8 Å². The van der Waals surface area contributed by atoms with Crippen molar-refractivity contribution in [2.45, 2.75) is 67.6 Å². The van der Waals surface area contributed by atoms with Crippen LogP contribution in [0.2, 0.25) is 0 Å². The second-order valence-electron chi connectivity index (χ2n) is 9.67. The van der Waals surface area contributed by atoms with E-state index in [4.69, 9.17) is 0 Å². The van der Waals surface area contributed by atoms with Crippen molar-refractivity contribution >= 4 is 27.7 Å². The smallest absolute Gasteiger partial charge is 0.313 e. The van der Waals surface area contributed by atoms with Crippen LogP contribution in [-0.2, 0) is 9.59 Å². The predicted molar refractivity (Wildman–Crippen MR) is 130 cm³/mol. The fraction of sp³-hybridized carbons (Fsp3) is 0.458. The van der Waals surface area contributed by atoms with Crippen LogP contribution in [0, 0.1) is 5.82 Å². The number of nitrogens with one attached hydrogen (secondary N) is 2. The van der Waals surface area contributed by atoms with E-state index in [1.54, 1.807) is 0 Å². The van der Waals surface area contributed by atoms with Crippen LogP contribution in [0.3, 0.4) is 0 Å². The highest BCUT2D eigenvalue weighted by atomic mass is 32.5. The lowest BCUT2D eigenvalue weighted by Crippen LogP contribution is -2.51. The van der Waals surface area contributed by atoms with E-state index in [9.17, 15) is 38.5 Å². The topological polar surface area (TPSA) is 94.6 Å². The Labute approximate surface area is 215 Å². The number of halogens is 6. The van der Waals surface area contributed by atoms with E-state index >= 15 is 0 Å². The van der Waals surface area contributed by atoms with Gasteiger partial charge in [-0.2, -0.15) is 0 Å². The number of β-amino-alcohol motifs (C(OH)–C–C–N with tert-alkyl or cyclic N) is 1. The summed E-state index contributed by atoms with van der Waals surface area (Å²) in [5, 5.41) is 15.6. The Kier molecular flexibility index (Phi) is 7.21. The molecule has 3 unspecified atom stereocenters. The number of carbonyl (C=O) groups is 2. The van der Waals surface area contributed by atoms with Crippen molar-refractivity contribution in [1.82, 2.24) is 15.6 Å². The van der Waals surface area contributed by atoms with Crippen molar-refractivity contribution in [2.24, 2.45) is 0 Å². The Morgan fingerprint density at radius 1 is 1.11 bits per heavy atom. The third-order valence-corrected chi connectivity index (χ3v) is 7.87. The van der Waals surface area contributed by atoms with Crippen molar-refractivity contribution in [3.63, 3.8) is 0 Å². The van der Waals surface area contributed by atoms with E-state index in [1.165, 1.54) is 24.5 Å². The minimum Gasteiger partial charge on any atom is -0.392 e. The number of hydrogen-bond donors (Lipinski definition) is 3. The summed E-state index contributed by atoms with van der Waals surface area (Å²) in [6, 6.07) is 0.745. The fourth-order valence-corrected chi connectivity index (χ4v) is 5.66. The van der Waals surface area contributed by atoms with Crippen LogP contribution in [-0.4, -0.2) is 46.6 Å². The maximum absolute atomic E-state index is 14.7. The fourth-order valence-electron chi connectivity index (χ4n) is 4.91. The van der Waals surface area contributed by atoms with Gasteiger partial charge < -0.3 is 15.7 Å². The molecule has 0 bridgehead atoms. The number of aromatic nitrogens is 1. The van der Waals surface area contributed by atoms with Crippen molar-refractivity contribution in [3.05, 3.63) is 54.1 Å². The monoisotopic (exact) mass is 566 g/mol. The molecule has 2 aliphatic rings. The summed E-state index contributed by atoms with van der Waals surface area (Å²) in [5.41, 5.74) is -0.362. The molecule has 0 radical (unpaired) electrons. The lowest BCUT2D eigenvalue weighted by molar-refractivity contribution is -0.128. The number of benzene rings is 1. The first-order valence-electron chi connectivity index (χ1n) is 12.1. The van der Waals surface area contributed by atoms with E-state index in [0.29, 0.717) is 18.9 Å². The molecule has 210 valence electrons. The molecule has 7 nitrogen and oxygen atoms in total. The number of rotatable bonds is 7. The number of carbonyl (C=O) groups excluding carboxylic acids is 2. The van der Waals surface area contributed by atoms with Gasteiger partial charge in [-0.05, 0) is 43.5 Å². The van der Waals surface area contributed by atoms with Crippen LogP contribution in [0.15, 0.2) is 47.6 Å². The Balaban J connectivity index is 1.82. The van der Waals surface area contributed by atoms with Gasteiger partial charge in [-0.3, -0.25) is 19.5 Å². The maximum Gasteiger partial charge on any atom is 0.313 e. The summed E-state index contributed by atoms with van der Waals surface area (Å²) in [6.45, 7) is 0.0353. The zero-order chi connectivity index (χ0) is 27.8. The zero-order valence-electron chi connectivity index (χ0n) is 20.1. The molecule has 1 aliphatic heterocycles. The number of anilines is 1. The molecule has 4 rings (SSSR count). The van der Waals surface area contributed by atoms with Gasteiger partial charge in [0.2, 0.25) is 11.8 Å². The molecule has 38 heavy (non-hydrogen) atoms. The highest BCUT2D eigenvalue weighted by Crippen LogP contribution is 3.02. The molecular weight excluding hydrogens is 538 g/mol. The molecular formula is C24H28F6N4O3S. The summed E-state index contributed by atoms with van der Waals surface area (Å²) in [7, 11) is -10.4. The normalized spacial score (nSPS) is 23.2. The van der Waals surface area contributed by atoms with E-state index < -0.39 is 56.6 Å². The van der Waals surface area contributed by atoms with Gasteiger partial charge in [0.25, 0.3) is 0 Å². The summed E-state index contributed by atoms with van der Waals surface area (Å²) >= 11 is 0. The van der Waals surface area contributed by atoms with Crippen molar-refractivity contribution in [1.29, 1.82) is 0 Å². The molecule has 14 heteroatoms. The van der Waals surface area contributed by atoms with Crippen LogP contribution < -0.4 is 15.5 Å². The molecule has 0 spiro atoms. The van der Waals surface area contributed by atoms with Gasteiger partial charge in [0.05, 0.1) is 12.1 Å². The van der Waals surface area contributed by atoms with Gasteiger partial charge in [-0.25, -0.2) is 4.39 Å². The molecule has 1 saturated carbocycles. The Bertz CT molecular complexity index is 1200. The second-order valence-corrected chi connectivity index (χ2v) is 12.1. The highest BCUT2D eigenvalue weighted by molar-refractivity contribution is 8.45. The summed E-state index contributed by atoms with van der Waals surface area (Å²) in [4.78, 5) is 29.4. The standard InChI is InChI=1S/C24H28F6N4O3S/c25-19-11-17(8-9-21(19)38(26,27,28,29)30)34(24(37)20-12-18(35)14-32-20)22(15-5-4-10-31-13-15)23(36)33-16-6-2-1-3-7-16/h4-5,8-11,13,16,18,20,22,32,35H,1-3,6-7,12,14H2,(H,33,36). The number of pyridine rings is 1. The molecule has 1 aromatic carbocycles. The van der Waals surface area contributed by atoms with Gasteiger partial charge in [-0.1, -0.05) is 44.8 Å². The largest absolute Gasteiger partial charge is 0.392 e. The minimum absolute atomic E-state index is 0.0353. The second kappa shape index (κ2) is 9.72. The van der Waals surface area contributed by atoms with Crippen LogP contribution in [0.25, 0.3) is 0 Å². The molecule has 2 aromatic rings.